The first-order chi connectivity index (χ1) is 6.40. The van der Waals surface area contributed by atoms with Crippen molar-refractivity contribution in [3.8, 4) is 0 Å². The molecule has 0 unspecified atom stereocenters. The summed E-state index contributed by atoms with van der Waals surface area (Å²) in [6, 6.07) is 2.13. The van der Waals surface area contributed by atoms with E-state index in [9.17, 15) is 0 Å². The Balaban J connectivity index is 2.17. The fourth-order valence-corrected chi connectivity index (χ4v) is 1.63. The Morgan fingerprint density at radius 2 is 2.62 bits per heavy atom. The zero-order chi connectivity index (χ0) is 9.10. The summed E-state index contributed by atoms with van der Waals surface area (Å²) in [7, 11) is 0. The van der Waals surface area contributed by atoms with E-state index in [0.717, 1.165) is 32.0 Å². The Bertz CT molecular complexity index is 256. The van der Waals surface area contributed by atoms with Crippen LogP contribution in [0.15, 0.2) is 6.07 Å². The molecule has 1 aliphatic heterocycles. The number of nitrogens with one attached hydrogen (secondary N) is 2. The Morgan fingerprint density at radius 3 is 3.46 bits per heavy atom. The van der Waals surface area contributed by atoms with Crippen LogP contribution in [0.4, 0.5) is 5.82 Å². The second-order valence-electron chi connectivity index (χ2n) is 3.30. The maximum atomic E-state index is 4.47. The molecule has 0 fully saturated rings. The van der Waals surface area contributed by atoms with Crippen LogP contribution in [0.2, 0.25) is 0 Å². The summed E-state index contributed by atoms with van der Waals surface area (Å²) < 4.78 is 2.10. The van der Waals surface area contributed by atoms with E-state index in [-0.39, 0.29) is 0 Å². The van der Waals surface area contributed by atoms with Gasteiger partial charge in [0.15, 0.2) is 0 Å². The van der Waals surface area contributed by atoms with Gasteiger partial charge in [0.2, 0.25) is 0 Å². The molecule has 0 aliphatic carbocycles. The molecule has 0 spiro atoms. The molecule has 1 aliphatic rings. The summed E-state index contributed by atoms with van der Waals surface area (Å²) in [4.78, 5) is 0. The van der Waals surface area contributed by atoms with Crippen LogP contribution >= 0.6 is 0 Å². The lowest BCUT2D eigenvalue weighted by Crippen LogP contribution is -2.11. The van der Waals surface area contributed by atoms with Crippen molar-refractivity contribution in [2.75, 3.05) is 18.4 Å². The van der Waals surface area contributed by atoms with Gasteiger partial charge in [0, 0.05) is 25.7 Å². The molecule has 13 heavy (non-hydrogen) atoms. The van der Waals surface area contributed by atoms with Crippen LogP contribution < -0.4 is 10.6 Å². The van der Waals surface area contributed by atoms with Gasteiger partial charge in [-0.2, -0.15) is 5.10 Å². The molecule has 2 heterocycles. The normalized spacial score (nSPS) is 16.4. The number of hydrogen-bond donors (Lipinski definition) is 2. The third-order valence-electron chi connectivity index (χ3n) is 2.25. The van der Waals surface area contributed by atoms with Crippen LogP contribution in [-0.4, -0.2) is 22.9 Å². The summed E-state index contributed by atoms with van der Waals surface area (Å²) in [6.07, 6.45) is 1.17. The quantitative estimate of drug-likeness (QED) is 0.707. The summed E-state index contributed by atoms with van der Waals surface area (Å²) >= 11 is 0. The number of rotatable bonds is 2. The third-order valence-corrected chi connectivity index (χ3v) is 2.25. The average Bonchev–Trinajstić information content (AvgIpc) is 2.37. The van der Waals surface area contributed by atoms with Gasteiger partial charge in [-0.3, -0.25) is 4.68 Å². The molecule has 0 radical (unpaired) electrons. The largest absolute Gasteiger partial charge is 0.369 e. The summed E-state index contributed by atoms with van der Waals surface area (Å²) in [5, 5.41) is 11.1. The second kappa shape index (κ2) is 3.79. The number of anilines is 1. The highest BCUT2D eigenvalue weighted by molar-refractivity contribution is 5.35. The molecule has 1 aromatic heterocycles. The zero-order valence-corrected chi connectivity index (χ0v) is 8.01. The van der Waals surface area contributed by atoms with Gasteiger partial charge in [0.05, 0.1) is 5.69 Å². The predicted molar refractivity (Wildman–Crippen MR) is 52.7 cm³/mol. The van der Waals surface area contributed by atoms with Gasteiger partial charge in [-0.05, 0) is 19.9 Å². The first-order valence-electron chi connectivity index (χ1n) is 4.91. The lowest BCUT2D eigenvalue weighted by atomic mass is 10.4. The Kier molecular flexibility index (Phi) is 2.49. The van der Waals surface area contributed by atoms with E-state index in [2.05, 4.69) is 33.4 Å². The van der Waals surface area contributed by atoms with Crippen molar-refractivity contribution < 1.29 is 0 Å². The maximum Gasteiger partial charge on any atom is 0.148 e. The van der Waals surface area contributed by atoms with Gasteiger partial charge in [0.1, 0.15) is 5.82 Å². The smallest absolute Gasteiger partial charge is 0.148 e. The van der Waals surface area contributed by atoms with E-state index in [0.29, 0.717) is 0 Å². The first-order valence-corrected chi connectivity index (χ1v) is 4.91. The summed E-state index contributed by atoms with van der Waals surface area (Å²) in [6.45, 7) is 6.10. The molecule has 0 aromatic carbocycles. The first kappa shape index (κ1) is 8.56. The van der Waals surface area contributed by atoms with E-state index < -0.39 is 0 Å². The fraction of sp³-hybridized carbons (Fsp3) is 0.667. The standard InChI is InChI=1S/C9H16N4/c1-2-11-9-6-8-7-10-4-3-5-13(8)12-9/h6,10H,2-5,7H2,1H3,(H,11,12). The van der Waals surface area contributed by atoms with Crippen LogP contribution in [0.25, 0.3) is 0 Å². The molecular weight excluding hydrogens is 164 g/mol. The maximum absolute atomic E-state index is 4.47. The lowest BCUT2D eigenvalue weighted by molar-refractivity contribution is 0.588. The zero-order valence-electron chi connectivity index (χ0n) is 8.01. The Labute approximate surface area is 78.3 Å². The average molecular weight is 180 g/mol. The van der Waals surface area contributed by atoms with Crippen molar-refractivity contribution in [1.29, 1.82) is 0 Å². The highest BCUT2D eigenvalue weighted by atomic mass is 15.3. The van der Waals surface area contributed by atoms with Crippen molar-refractivity contribution in [1.82, 2.24) is 15.1 Å². The van der Waals surface area contributed by atoms with Gasteiger partial charge in [0.25, 0.3) is 0 Å². The van der Waals surface area contributed by atoms with E-state index in [4.69, 9.17) is 0 Å². The predicted octanol–water partition coefficient (Wildman–Crippen LogP) is 0.808. The minimum atomic E-state index is 0.934. The molecule has 4 heteroatoms. The molecule has 72 valence electrons. The van der Waals surface area contributed by atoms with Gasteiger partial charge in [-0.1, -0.05) is 0 Å². The highest BCUT2D eigenvalue weighted by Crippen LogP contribution is 2.11. The molecule has 0 amide bonds. The minimum absolute atomic E-state index is 0.934. The number of aromatic nitrogens is 2. The molecule has 2 rings (SSSR count). The van der Waals surface area contributed by atoms with Gasteiger partial charge < -0.3 is 10.6 Å². The van der Waals surface area contributed by atoms with Crippen molar-refractivity contribution in [3.63, 3.8) is 0 Å². The van der Waals surface area contributed by atoms with Gasteiger partial charge in [-0.15, -0.1) is 0 Å². The van der Waals surface area contributed by atoms with Gasteiger partial charge >= 0.3 is 0 Å². The molecule has 0 atom stereocenters. The van der Waals surface area contributed by atoms with Crippen LogP contribution in [0.5, 0.6) is 0 Å². The number of nitrogens with zero attached hydrogens (tertiary/aromatic N) is 2. The number of aryl methyl sites for hydroxylation is 1. The highest BCUT2D eigenvalue weighted by Gasteiger charge is 2.09. The van der Waals surface area contributed by atoms with Crippen molar-refractivity contribution in [3.05, 3.63) is 11.8 Å². The van der Waals surface area contributed by atoms with Gasteiger partial charge in [-0.25, -0.2) is 0 Å². The number of hydrogen-bond acceptors (Lipinski definition) is 3. The number of fused-ring (bicyclic) bond motifs is 1. The molecule has 4 nitrogen and oxygen atoms in total. The lowest BCUT2D eigenvalue weighted by Gasteiger charge is -1.99. The molecule has 0 bridgehead atoms. The van der Waals surface area contributed by atoms with Crippen LogP contribution in [0.3, 0.4) is 0 Å². The second-order valence-corrected chi connectivity index (χ2v) is 3.30. The van der Waals surface area contributed by atoms with E-state index in [1.165, 1.54) is 12.1 Å². The van der Waals surface area contributed by atoms with Crippen molar-refractivity contribution >= 4 is 5.82 Å². The summed E-state index contributed by atoms with van der Waals surface area (Å²) in [5.41, 5.74) is 1.29. The molecular formula is C9H16N4. The van der Waals surface area contributed by atoms with E-state index >= 15 is 0 Å². The van der Waals surface area contributed by atoms with Crippen LogP contribution in [-0.2, 0) is 13.1 Å². The Hall–Kier alpha value is -1.03. The molecule has 1 aromatic rings. The third kappa shape index (κ3) is 1.83. The van der Waals surface area contributed by atoms with Crippen LogP contribution in [0.1, 0.15) is 19.0 Å². The Morgan fingerprint density at radius 1 is 1.69 bits per heavy atom. The van der Waals surface area contributed by atoms with E-state index in [1.54, 1.807) is 0 Å². The summed E-state index contributed by atoms with van der Waals surface area (Å²) in [5.74, 6) is 1.00. The van der Waals surface area contributed by atoms with Crippen molar-refractivity contribution in [2.45, 2.75) is 26.4 Å². The minimum Gasteiger partial charge on any atom is -0.369 e. The monoisotopic (exact) mass is 180 g/mol. The van der Waals surface area contributed by atoms with E-state index in [1.807, 2.05) is 0 Å². The molecule has 0 saturated carbocycles. The molecule has 2 N–H and O–H groups in total. The topological polar surface area (TPSA) is 41.9 Å². The SMILES string of the molecule is CCNc1cc2n(n1)CCCNC2. The van der Waals surface area contributed by atoms with Crippen molar-refractivity contribution in [2.24, 2.45) is 0 Å². The fourth-order valence-electron chi connectivity index (χ4n) is 1.63. The molecule has 0 saturated heterocycles. The van der Waals surface area contributed by atoms with Crippen LogP contribution in [0, 0.1) is 0 Å².